The Kier molecular flexibility index (Phi) is 12.2. The molecule has 0 spiro atoms. The van der Waals surface area contributed by atoms with Gasteiger partial charge in [-0.05, 0) is 82.0 Å². The maximum absolute atomic E-state index is 14.8. The molecule has 0 aromatic heterocycles. The van der Waals surface area contributed by atoms with Crippen LogP contribution in [0.3, 0.4) is 0 Å². The molecule has 1 unspecified atom stereocenters. The van der Waals surface area contributed by atoms with Crippen LogP contribution in [0.1, 0.15) is 125 Å². The van der Waals surface area contributed by atoms with Crippen LogP contribution in [-0.4, -0.2) is 90.1 Å². The highest BCUT2D eigenvalue weighted by molar-refractivity contribution is 7.92. The number of carbonyl (C=O) groups is 5. The molecule has 1 aliphatic heterocycles. The molecule has 52 heavy (non-hydrogen) atoms. The third-order valence-electron chi connectivity index (χ3n) is 13.1. The number of nitrogens with zero attached hydrogens (tertiary/aromatic N) is 1. The van der Waals surface area contributed by atoms with Crippen LogP contribution in [-0.2, 0) is 29.0 Å². The molecule has 1 saturated heterocycles. The number of nitrogens with one attached hydrogen (secondary N) is 4. The lowest BCUT2D eigenvalue weighted by Gasteiger charge is -2.41. The Balaban J connectivity index is 1.37. The molecule has 5 atom stereocenters. The summed E-state index contributed by atoms with van der Waals surface area (Å²) < 4.78 is 25.8. The maximum atomic E-state index is 14.8. The minimum absolute atomic E-state index is 0.0813. The van der Waals surface area contributed by atoms with Gasteiger partial charge >= 0.3 is 6.03 Å². The highest BCUT2D eigenvalue weighted by atomic mass is 32.2. The van der Waals surface area contributed by atoms with Crippen molar-refractivity contribution in [2.75, 3.05) is 18.8 Å². The first-order valence-electron chi connectivity index (χ1n) is 19.8. The van der Waals surface area contributed by atoms with E-state index in [9.17, 15) is 32.4 Å². The Labute approximate surface area is 310 Å². The summed E-state index contributed by atoms with van der Waals surface area (Å²) in [7, 11) is -3.56. The van der Waals surface area contributed by atoms with Gasteiger partial charge in [0.2, 0.25) is 17.6 Å². The van der Waals surface area contributed by atoms with Crippen molar-refractivity contribution in [1.29, 1.82) is 0 Å². The van der Waals surface area contributed by atoms with Gasteiger partial charge < -0.3 is 26.2 Å². The van der Waals surface area contributed by atoms with E-state index in [1.165, 1.54) is 6.08 Å². The molecule has 4 aliphatic carbocycles. The van der Waals surface area contributed by atoms with Gasteiger partial charge in [-0.25, -0.2) is 13.2 Å². The van der Waals surface area contributed by atoms with Crippen molar-refractivity contribution in [3.63, 3.8) is 0 Å². The van der Waals surface area contributed by atoms with E-state index in [1.54, 1.807) is 25.7 Å². The van der Waals surface area contributed by atoms with Crippen molar-refractivity contribution in [2.45, 2.75) is 153 Å². The molecule has 5 aliphatic rings. The molecule has 12 nitrogen and oxygen atoms in total. The Morgan fingerprint density at radius 2 is 1.54 bits per heavy atom. The fourth-order valence-corrected chi connectivity index (χ4v) is 10.9. The summed E-state index contributed by atoms with van der Waals surface area (Å²) in [5.41, 5.74) is -1.12. The predicted octanol–water partition coefficient (Wildman–Crippen LogP) is 4.18. The summed E-state index contributed by atoms with van der Waals surface area (Å²) in [5, 5.41) is 11.6. The molecule has 0 bridgehead atoms. The first-order valence-corrected chi connectivity index (χ1v) is 21.4. The number of hydrogen-bond acceptors (Lipinski definition) is 7. The molecule has 4 N–H and O–H groups in total. The molecule has 5 rings (SSSR count). The first kappa shape index (κ1) is 40.2. The van der Waals surface area contributed by atoms with E-state index >= 15 is 0 Å². The lowest BCUT2D eigenvalue weighted by atomic mass is 9.80. The van der Waals surface area contributed by atoms with Gasteiger partial charge in [-0.1, -0.05) is 77.7 Å². The minimum Gasteiger partial charge on any atom is -0.346 e. The minimum atomic E-state index is -3.56. The second-order valence-electron chi connectivity index (χ2n) is 18.0. The first-order chi connectivity index (χ1) is 24.4. The zero-order valence-electron chi connectivity index (χ0n) is 32.1. The average molecular weight is 746 g/mol. The molecular formula is C39H63N5O7S. The van der Waals surface area contributed by atoms with Crippen LogP contribution in [0.15, 0.2) is 12.7 Å². The van der Waals surface area contributed by atoms with Gasteiger partial charge in [0.05, 0.1) is 22.1 Å². The Bertz CT molecular complexity index is 1490. The zero-order valence-corrected chi connectivity index (χ0v) is 32.9. The smallest absolute Gasteiger partial charge is 0.315 e. The number of amides is 5. The second-order valence-corrected chi connectivity index (χ2v) is 20.8. The summed E-state index contributed by atoms with van der Waals surface area (Å²) in [6, 6.07) is -3.31. The van der Waals surface area contributed by atoms with Gasteiger partial charge in [-0.15, -0.1) is 6.58 Å². The van der Waals surface area contributed by atoms with E-state index in [-0.39, 0.29) is 47.3 Å². The molecule has 4 saturated carbocycles. The number of Topliss-reactive ketones (excluding diaryl/α,β-unsaturated/α-hetero) is 1. The van der Waals surface area contributed by atoms with Gasteiger partial charge in [0.25, 0.3) is 5.91 Å². The SMILES string of the molecule is C=CCNC(=O)C(=O)C(CC1CCC1)NC(=O)[C@@H]1[C@@H]2[C@H](CN1C(=O)[C@@H](NC(=O)NC1(CS(=O)(=O)C(C)(C)C)CCCCC1)C1CCCCC1)C2(C)C. The van der Waals surface area contributed by atoms with E-state index in [4.69, 9.17) is 0 Å². The average Bonchev–Trinajstić information content (AvgIpc) is 3.37. The van der Waals surface area contributed by atoms with E-state index in [0.717, 1.165) is 70.6 Å². The molecule has 1 heterocycles. The van der Waals surface area contributed by atoms with Gasteiger partial charge in [0.15, 0.2) is 9.84 Å². The Morgan fingerprint density at radius 1 is 0.904 bits per heavy atom. The van der Waals surface area contributed by atoms with Crippen molar-refractivity contribution >= 4 is 39.4 Å². The number of likely N-dealkylation sites (tertiary alicyclic amines) is 1. The lowest BCUT2D eigenvalue weighted by Crippen LogP contribution is -2.63. The fourth-order valence-electron chi connectivity index (χ4n) is 9.33. The van der Waals surface area contributed by atoms with Gasteiger partial charge in [0.1, 0.15) is 12.1 Å². The quantitative estimate of drug-likeness (QED) is 0.153. The fraction of sp³-hybridized carbons (Fsp3) is 0.821. The highest BCUT2D eigenvalue weighted by Gasteiger charge is 2.70. The summed E-state index contributed by atoms with van der Waals surface area (Å²) in [6.45, 7) is 13.3. The number of piperidine rings is 1. The van der Waals surface area contributed by atoms with Crippen LogP contribution < -0.4 is 21.3 Å². The van der Waals surface area contributed by atoms with Gasteiger partial charge in [0, 0.05) is 13.1 Å². The van der Waals surface area contributed by atoms with Crippen molar-refractivity contribution < 1.29 is 32.4 Å². The largest absolute Gasteiger partial charge is 0.346 e. The molecule has 292 valence electrons. The molecule has 0 aromatic rings. The van der Waals surface area contributed by atoms with Crippen LogP contribution in [0.25, 0.3) is 0 Å². The number of hydrogen-bond donors (Lipinski definition) is 4. The van der Waals surface area contributed by atoms with E-state index in [1.807, 2.05) is 0 Å². The third kappa shape index (κ3) is 8.70. The number of carbonyl (C=O) groups excluding carboxylic acids is 5. The van der Waals surface area contributed by atoms with Crippen molar-refractivity contribution in [2.24, 2.45) is 29.1 Å². The number of sulfone groups is 1. The van der Waals surface area contributed by atoms with Crippen molar-refractivity contribution in [3.05, 3.63) is 12.7 Å². The van der Waals surface area contributed by atoms with Crippen molar-refractivity contribution in [3.8, 4) is 0 Å². The molecule has 5 fully saturated rings. The Morgan fingerprint density at radius 3 is 2.12 bits per heavy atom. The van der Waals surface area contributed by atoms with E-state index < -0.39 is 61.9 Å². The normalized spacial score (nSPS) is 26.9. The maximum Gasteiger partial charge on any atom is 0.315 e. The van der Waals surface area contributed by atoms with Crippen LogP contribution >= 0.6 is 0 Å². The Hall–Kier alpha value is -2.96. The number of rotatable bonds is 14. The summed E-state index contributed by atoms with van der Waals surface area (Å²) in [6.07, 6.45) is 12.8. The van der Waals surface area contributed by atoms with E-state index in [2.05, 4.69) is 41.7 Å². The molecule has 13 heteroatoms. The molecule has 0 aromatic carbocycles. The summed E-state index contributed by atoms with van der Waals surface area (Å²) >= 11 is 0. The predicted molar refractivity (Wildman–Crippen MR) is 200 cm³/mol. The van der Waals surface area contributed by atoms with Gasteiger partial charge in [-0.2, -0.15) is 0 Å². The van der Waals surface area contributed by atoms with E-state index in [0.29, 0.717) is 25.8 Å². The highest BCUT2D eigenvalue weighted by Crippen LogP contribution is 2.65. The van der Waals surface area contributed by atoms with Crippen LogP contribution in [0, 0.1) is 29.1 Å². The second kappa shape index (κ2) is 15.8. The van der Waals surface area contributed by atoms with Gasteiger partial charge in [-0.3, -0.25) is 19.2 Å². The number of urea groups is 1. The lowest BCUT2D eigenvalue weighted by molar-refractivity contribution is -0.145. The van der Waals surface area contributed by atoms with Crippen LogP contribution in [0.2, 0.25) is 0 Å². The van der Waals surface area contributed by atoms with Crippen molar-refractivity contribution in [1.82, 2.24) is 26.2 Å². The zero-order chi connectivity index (χ0) is 38.1. The third-order valence-corrected chi connectivity index (χ3v) is 15.9. The molecular weight excluding hydrogens is 683 g/mol. The van der Waals surface area contributed by atoms with Crippen LogP contribution in [0.4, 0.5) is 4.79 Å². The number of ketones is 1. The van der Waals surface area contributed by atoms with Crippen LogP contribution in [0.5, 0.6) is 0 Å². The summed E-state index contributed by atoms with van der Waals surface area (Å²) in [4.78, 5) is 70.7. The topological polar surface area (TPSA) is 171 Å². The molecule has 0 radical (unpaired) electrons. The monoisotopic (exact) mass is 745 g/mol. The molecule has 5 amide bonds. The summed E-state index contributed by atoms with van der Waals surface area (Å²) in [5.74, 6) is -2.35. The number of fused-ring (bicyclic) bond motifs is 1. The standard InChI is InChI=1S/C39H63N5O7S/c1-7-21-40-34(47)32(45)28(22-25-15-14-16-25)41-33(46)31-29-27(38(29,5)6)23-44(31)35(48)30(26-17-10-8-11-18-26)42-36(49)43-39(19-12-9-13-20-39)24-52(50,51)37(2,3)4/h7,25-31H,1,8-24H2,2-6H3,(H,40,47)(H,41,46)(H2,42,43,49)/t27-,28?,29-,30-,31-/m0/s1.